The summed E-state index contributed by atoms with van der Waals surface area (Å²) in [7, 11) is -3.97. The van der Waals surface area contributed by atoms with E-state index in [4.69, 9.17) is 21.5 Å². The van der Waals surface area contributed by atoms with E-state index in [2.05, 4.69) is 51.5 Å². The number of para-hydroxylation sites is 1. The van der Waals surface area contributed by atoms with Gasteiger partial charge in [-0.15, -0.1) is 0 Å². The van der Waals surface area contributed by atoms with Gasteiger partial charge >= 0.3 is 0 Å². The lowest BCUT2D eigenvalue weighted by Gasteiger charge is -2.34. The number of carbonyl (C=O) groups excluding carboxylic acids is 3. The third kappa shape index (κ3) is 7.94. The van der Waals surface area contributed by atoms with Crippen LogP contribution in [-0.4, -0.2) is 75.6 Å². The Bertz CT molecular complexity index is 1800. The van der Waals surface area contributed by atoms with Crippen LogP contribution in [0.4, 0.5) is 0 Å². The largest absolute Gasteiger partial charge is 0.459 e. The maximum atomic E-state index is 14.4. The third-order valence-corrected chi connectivity index (χ3v) is 14.6. The van der Waals surface area contributed by atoms with Gasteiger partial charge in [0.1, 0.15) is 23.7 Å². The number of aromatic nitrogens is 2. The SMILES string of the molecule is CC[C@@H]1C[C@@]12NC(=O)[C@@H]1C[C@H](CN1C(=O)[C@@H](NCl)C(C)(C)C)Oc1nc3c(cccc3n1C(C)C)CCCCCCCCCC1(CC1)S(=O)(=O)NC2=O. The van der Waals surface area contributed by atoms with Gasteiger partial charge in [-0.2, -0.15) is 4.98 Å². The highest BCUT2D eigenvalue weighted by Gasteiger charge is 2.63. The number of nitrogens with zero attached hydrogens (tertiary/aromatic N) is 3. The number of amides is 3. The van der Waals surface area contributed by atoms with Gasteiger partial charge in [0.2, 0.25) is 21.8 Å². The molecule has 4 aliphatic rings. The molecule has 5 atom stereocenters. The summed E-state index contributed by atoms with van der Waals surface area (Å²) in [5.74, 6) is -1.82. The smallest absolute Gasteiger partial charge is 0.297 e. The number of hydrogen-bond acceptors (Lipinski definition) is 8. The molecule has 2 aromatic rings. The molecule has 3 amide bonds. The maximum absolute atomic E-state index is 14.4. The first-order chi connectivity index (χ1) is 25.1. The van der Waals surface area contributed by atoms with Crippen LogP contribution in [0.15, 0.2) is 18.2 Å². The number of fused-ring (bicyclic) bond motifs is 3. The standard InChI is InChI=1S/C39H59ClN6O6S/c1-7-27-23-39(27)35(49)44-53(50,51)38(20-21-38)19-14-12-10-8-9-11-13-16-26-17-15-18-29-31(26)41-36(46(29)25(2)3)52-28-22-30(33(47)42-39)45(24-28)34(48)32(43-40)37(4,5)6/h15,17-18,25,27-28,30,32,43H,7-14,16,19-24H2,1-6H3,(H,42,47)(H,44,49)/t27-,28-,30+,32-,39-/m1/s1. The molecule has 1 aromatic heterocycles. The minimum atomic E-state index is -3.97. The maximum Gasteiger partial charge on any atom is 0.297 e. The summed E-state index contributed by atoms with van der Waals surface area (Å²) in [6, 6.07) is 4.90. The van der Waals surface area contributed by atoms with E-state index in [9.17, 15) is 22.8 Å². The molecule has 1 aromatic carbocycles. The van der Waals surface area contributed by atoms with Crippen LogP contribution in [0.5, 0.6) is 6.01 Å². The number of rotatable bonds is 4. The highest BCUT2D eigenvalue weighted by molar-refractivity contribution is 7.91. The molecule has 6 rings (SSSR count). The number of sulfonamides is 1. The van der Waals surface area contributed by atoms with E-state index in [1.807, 2.05) is 27.7 Å². The Kier molecular flexibility index (Phi) is 11.5. The van der Waals surface area contributed by atoms with Crippen molar-refractivity contribution >= 4 is 50.6 Å². The molecule has 2 spiro atoms. The minimum absolute atomic E-state index is 0.0297. The van der Waals surface area contributed by atoms with E-state index in [1.165, 1.54) is 4.90 Å². The summed E-state index contributed by atoms with van der Waals surface area (Å²) in [6.45, 7) is 11.8. The van der Waals surface area contributed by atoms with E-state index >= 15 is 0 Å². The van der Waals surface area contributed by atoms with Gasteiger partial charge in [0.05, 0.1) is 22.3 Å². The van der Waals surface area contributed by atoms with Gasteiger partial charge in [-0.25, -0.2) is 13.3 Å². The van der Waals surface area contributed by atoms with Crippen molar-refractivity contribution < 1.29 is 27.5 Å². The molecule has 0 unspecified atom stereocenters. The number of ether oxygens (including phenoxy) is 1. The monoisotopic (exact) mass is 774 g/mol. The van der Waals surface area contributed by atoms with Crippen LogP contribution in [0.2, 0.25) is 0 Å². The van der Waals surface area contributed by atoms with Crippen molar-refractivity contribution in [1.82, 2.24) is 29.3 Å². The summed E-state index contributed by atoms with van der Waals surface area (Å²) in [4.78, 5) is 51.7. The second kappa shape index (κ2) is 15.3. The molecule has 2 aliphatic carbocycles. The second-order valence-electron chi connectivity index (χ2n) is 17.4. The minimum Gasteiger partial charge on any atom is -0.459 e. The molecule has 3 N–H and O–H groups in total. The zero-order chi connectivity index (χ0) is 38.3. The molecule has 12 nitrogen and oxygen atoms in total. The van der Waals surface area contributed by atoms with E-state index in [-0.39, 0.29) is 30.8 Å². The number of hydrogen-bond donors (Lipinski definition) is 3. The molecule has 3 fully saturated rings. The Balaban J connectivity index is 1.35. The number of nitrogens with one attached hydrogen (secondary N) is 3. The molecule has 2 aliphatic heterocycles. The van der Waals surface area contributed by atoms with Crippen molar-refractivity contribution in [2.45, 2.75) is 166 Å². The van der Waals surface area contributed by atoms with Gasteiger partial charge in [0.15, 0.2) is 0 Å². The molecular formula is C39H59ClN6O6S. The first-order valence-electron chi connectivity index (χ1n) is 19.8. The summed E-state index contributed by atoms with van der Waals surface area (Å²) >= 11 is 6.16. The second-order valence-corrected chi connectivity index (χ2v) is 19.7. The number of benzene rings is 1. The lowest BCUT2D eigenvalue weighted by atomic mass is 9.86. The summed E-state index contributed by atoms with van der Waals surface area (Å²) in [6.07, 6.45) is 10.1. The quantitative estimate of drug-likeness (QED) is 0.317. The van der Waals surface area contributed by atoms with Crippen LogP contribution in [0, 0.1) is 11.3 Å². The lowest BCUT2D eigenvalue weighted by molar-refractivity contribution is -0.142. The lowest BCUT2D eigenvalue weighted by Crippen LogP contribution is -2.59. The number of carbonyl (C=O) groups is 3. The van der Waals surface area contributed by atoms with Crippen molar-refractivity contribution in [3.63, 3.8) is 0 Å². The van der Waals surface area contributed by atoms with Gasteiger partial charge in [0.25, 0.3) is 11.9 Å². The van der Waals surface area contributed by atoms with E-state index in [0.29, 0.717) is 38.1 Å². The molecule has 0 radical (unpaired) electrons. The average Bonchev–Trinajstić information content (AvgIpc) is 3.94. The fourth-order valence-electron chi connectivity index (χ4n) is 8.58. The van der Waals surface area contributed by atoms with Crippen LogP contribution >= 0.6 is 11.8 Å². The fourth-order valence-corrected chi connectivity index (χ4v) is 10.7. The number of halogens is 1. The summed E-state index contributed by atoms with van der Waals surface area (Å²) < 4.78 is 37.7. The normalized spacial score (nSPS) is 28.8. The first kappa shape index (κ1) is 39.8. The Hall–Kier alpha value is -2.90. The fraction of sp³-hybridized carbons (Fsp3) is 0.744. The van der Waals surface area contributed by atoms with E-state index in [0.717, 1.165) is 68.0 Å². The Labute approximate surface area is 320 Å². The predicted octanol–water partition coefficient (Wildman–Crippen LogP) is 6.06. The first-order valence-corrected chi connectivity index (χ1v) is 21.7. The van der Waals surface area contributed by atoms with Gasteiger partial charge in [-0.1, -0.05) is 84.8 Å². The molecule has 4 bridgehead atoms. The number of imidazole rings is 1. The van der Waals surface area contributed by atoms with Crippen molar-refractivity contribution in [2.24, 2.45) is 11.3 Å². The number of aryl methyl sites for hydroxylation is 1. The molecule has 1 saturated heterocycles. The molecule has 294 valence electrons. The predicted molar refractivity (Wildman–Crippen MR) is 206 cm³/mol. The van der Waals surface area contributed by atoms with Gasteiger partial charge in [-0.05, 0) is 87.1 Å². The van der Waals surface area contributed by atoms with Crippen molar-refractivity contribution in [1.29, 1.82) is 0 Å². The summed E-state index contributed by atoms with van der Waals surface area (Å²) in [5.41, 5.74) is 1.08. The number of likely N-dealkylation sites (tertiary alicyclic amines) is 1. The average molecular weight is 775 g/mol. The molecular weight excluding hydrogens is 716 g/mol. The molecule has 3 heterocycles. The van der Waals surface area contributed by atoms with Crippen molar-refractivity contribution in [3.05, 3.63) is 23.8 Å². The zero-order valence-corrected chi connectivity index (χ0v) is 33.9. The Morgan fingerprint density at radius 3 is 2.36 bits per heavy atom. The van der Waals surface area contributed by atoms with Gasteiger partial charge in [-0.3, -0.25) is 23.7 Å². The van der Waals surface area contributed by atoms with E-state index in [1.54, 1.807) is 0 Å². The van der Waals surface area contributed by atoms with Crippen molar-refractivity contribution in [2.75, 3.05) is 6.54 Å². The summed E-state index contributed by atoms with van der Waals surface area (Å²) in [5, 5.41) is 2.97. The zero-order valence-electron chi connectivity index (χ0n) is 32.3. The highest BCUT2D eigenvalue weighted by Crippen LogP contribution is 2.50. The van der Waals surface area contributed by atoms with Crippen LogP contribution in [0.25, 0.3) is 11.0 Å². The Morgan fingerprint density at radius 2 is 1.75 bits per heavy atom. The van der Waals surface area contributed by atoms with Crippen LogP contribution in [0.1, 0.15) is 137 Å². The van der Waals surface area contributed by atoms with Crippen LogP contribution < -0.4 is 19.6 Å². The highest BCUT2D eigenvalue weighted by atomic mass is 35.5. The molecule has 2 saturated carbocycles. The molecule has 53 heavy (non-hydrogen) atoms. The van der Waals surface area contributed by atoms with Gasteiger partial charge < -0.3 is 15.0 Å². The van der Waals surface area contributed by atoms with Crippen LogP contribution in [-0.2, 0) is 30.8 Å². The van der Waals surface area contributed by atoms with Crippen molar-refractivity contribution in [3.8, 4) is 6.01 Å². The van der Waals surface area contributed by atoms with E-state index < -0.39 is 55.7 Å². The molecule has 14 heteroatoms. The van der Waals surface area contributed by atoms with Crippen LogP contribution in [0.3, 0.4) is 0 Å². The van der Waals surface area contributed by atoms with Gasteiger partial charge in [0, 0.05) is 12.5 Å². The third-order valence-electron chi connectivity index (χ3n) is 12.2. The Morgan fingerprint density at radius 1 is 1.08 bits per heavy atom. The topological polar surface area (TPSA) is 152 Å².